The molecular formula is C24H28N4O4. The minimum Gasteiger partial charge on any atom is -0.467 e. The SMILES string of the molecule is CN(Cc1ccco1)C(=O)c1cc(NC(=O)[C@H]2CCCO2)c2c(c1)nc(C1CCC1)n2C. The number of hydrogen-bond acceptors (Lipinski definition) is 5. The Bertz CT molecular complexity index is 1140. The predicted octanol–water partition coefficient (Wildman–Crippen LogP) is 3.82. The molecule has 0 unspecified atom stereocenters. The summed E-state index contributed by atoms with van der Waals surface area (Å²) in [4.78, 5) is 32.5. The molecule has 1 aromatic carbocycles. The van der Waals surface area contributed by atoms with Crippen LogP contribution in [-0.2, 0) is 23.1 Å². The van der Waals surface area contributed by atoms with Crippen LogP contribution in [0.15, 0.2) is 34.9 Å². The third-order valence-electron chi connectivity index (χ3n) is 6.52. The van der Waals surface area contributed by atoms with E-state index >= 15 is 0 Å². The average molecular weight is 437 g/mol. The molecule has 1 atom stereocenters. The van der Waals surface area contributed by atoms with Crippen molar-refractivity contribution in [3.63, 3.8) is 0 Å². The first-order valence-electron chi connectivity index (χ1n) is 11.2. The van der Waals surface area contributed by atoms with Crippen LogP contribution in [-0.4, -0.2) is 46.0 Å². The molecule has 32 heavy (non-hydrogen) atoms. The van der Waals surface area contributed by atoms with Crippen LogP contribution < -0.4 is 5.32 Å². The molecule has 8 nitrogen and oxygen atoms in total. The molecule has 5 rings (SSSR count). The van der Waals surface area contributed by atoms with Crippen LogP contribution >= 0.6 is 0 Å². The van der Waals surface area contributed by atoms with E-state index < -0.39 is 6.10 Å². The highest BCUT2D eigenvalue weighted by Crippen LogP contribution is 2.38. The molecule has 0 radical (unpaired) electrons. The molecule has 2 fully saturated rings. The number of carbonyl (C=O) groups is 2. The highest BCUT2D eigenvalue weighted by atomic mass is 16.5. The Kier molecular flexibility index (Phi) is 5.46. The molecule has 1 aliphatic heterocycles. The molecule has 168 valence electrons. The number of aryl methyl sites for hydroxylation is 1. The monoisotopic (exact) mass is 436 g/mol. The Labute approximate surface area is 186 Å². The van der Waals surface area contributed by atoms with E-state index in [0.717, 1.165) is 30.6 Å². The number of fused-ring (bicyclic) bond motifs is 1. The van der Waals surface area contributed by atoms with E-state index in [-0.39, 0.29) is 11.8 Å². The summed E-state index contributed by atoms with van der Waals surface area (Å²) in [6.45, 7) is 0.957. The fourth-order valence-electron chi connectivity index (χ4n) is 4.55. The molecule has 2 aromatic heterocycles. The molecule has 1 aliphatic carbocycles. The number of benzene rings is 1. The summed E-state index contributed by atoms with van der Waals surface area (Å²) in [5, 5.41) is 3.02. The summed E-state index contributed by atoms with van der Waals surface area (Å²) in [6, 6.07) is 7.21. The number of carbonyl (C=O) groups excluding carboxylic acids is 2. The summed E-state index contributed by atoms with van der Waals surface area (Å²) in [6.07, 6.45) is 6.16. The molecule has 2 aliphatic rings. The van der Waals surface area contributed by atoms with Gasteiger partial charge in [-0.2, -0.15) is 0 Å². The van der Waals surface area contributed by atoms with Crippen molar-refractivity contribution in [2.45, 2.75) is 50.7 Å². The highest BCUT2D eigenvalue weighted by molar-refractivity contribution is 6.06. The van der Waals surface area contributed by atoms with Crippen molar-refractivity contribution in [1.82, 2.24) is 14.5 Å². The first kappa shape index (κ1) is 20.8. The number of aromatic nitrogens is 2. The largest absolute Gasteiger partial charge is 0.467 e. The summed E-state index contributed by atoms with van der Waals surface area (Å²) in [5.74, 6) is 1.80. The Hall–Kier alpha value is -3.13. The first-order chi connectivity index (χ1) is 15.5. The zero-order chi connectivity index (χ0) is 22.2. The van der Waals surface area contributed by atoms with Crippen LogP contribution in [0.1, 0.15) is 60.0 Å². The van der Waals surface area contributed by atoms with Crippen LogP contribution in [0.25, 0.3) is 11.0 Å². The van der Waals surface area contributed by atoms with Gasteiger partial charge in [-0.05, 0) is 49.9 Å². The van der Waals surface area contributed by atoms with Gasteiger partial charge in [-0.15, -0.1) is 0 Å². The van der Waals surface area contributed by atoms with Crippen molar-refractivity contribution in [2.75, 3.05) is 19.0 Å². The van der Waals surface area contributed by atoms with Gasteiger partial charge in [0.2, 0.25) is 0 Å². The topological polar surface area (TPSA) is 89.6 Å². The van der Waals surface area contributed by atoms with Crippen LogP contribution in [0.4, 0.5) is 5.69 Å². The Morgan fingerprint density at radius 3 is 2.75 bits per heavy atom. The lowest BCUT2D eigenvalue weighted by atomic mass is 9.85. The van der Waals surface area contributed by atoms with Gasteiger partial charge < -0.3 is 23.9 Å². The van der Waals surface area contributed by atoms with E-state index in [1.165, 1.54) is 6.42 Å². The first-order valence-corrected chi connectivity index (χ1v) is 11.2. The molecule has 3 aromatic rings. The number of nitrogens with zero attached hydrogens (tertiary/aromatic N) is 3. The zero-order valence-electron chi connectivity index (χ0n) is 18.5. The van der Waals surface area contributed by atoms with Crippen molar-refractivity contribution < 1.29 is 18.7 Å². The second kappa shape index (κ2) is 8.43. The molecule has 1 saturated carbocycles. The van der Waals surface area contributed by atoms with Crippen molar-refractivity contribution in [3.05, 3.63) is 47.7 Å². The molecule has 2 amide bonds. The van der Waals surface area contributed by atoms with Crippen LogP contribution in [0, 0.1) is 0 Å². The van der Waals surface area contributed by atoms with Crippen molar-refractivity contribution >= 4 is 28.5 Å². The zero-order valence-corrected chi connectivity index (χ0v) is 18.5. The van der Waals surface area contributed by atoms with Gasteiger partial charge >= 0.3 is 0 Å². The lowest BCUT2D eigenvalue weighted by Gasteiger charge is -2.24. The smallest absolute Gasteiger partial charge is 0.254 e. The van der Waals surface area contributed by atoms with Crippen molar-refractivity contribution in [1.29, 1.82) is 0 Å². The quantitative estimate of drug-likeness (QED) is 0.634. The van der Waals surface area contributed by atoms with E-state index in [4.69, 9.17) is 14.1 Å². The summed E-state index contributed by atoms with van der Waals surface area (Å²) in [5.41, 5.74) is 2.63. The van der Waals surface area contributed by atoms with E-state index in [9.17, 15) is 9.59 Å². The number of amides is 2. The summed E-state index contributed by atoms with van der Waals surface area (Å²) >= 11 is 0. The second-order valence-corrected chi connectivity index (χ2v) is 8.78. The lowest BCUT2D eigenvalue weighted by molar-refractivity contribution is -0.124. The fraction of sp³-hybridized carbons (Fsp3) is 0.458. The maximum atomic E-state index is 13.2. The molecule has 8 heteroatoms. The Balaban J connectivity index is 1.51. The molecule has 0 spiro atoms. The van der Waals surface area contributed by atoms with E-state index in [1.807, 2.05) is 19.2 Å². The average Bonchev–Trinajstić information content (AvgIpc) is 3.49. The predicted molar refractivity (Wildman–Crippen MR) is 119 cm³/mol. The Morgan fingerprint density at radius 2 is 2.09 bits per heavy atom. The molecule has 1 saturated heterocycles. The minimum atomic E-state index is -0.453. The number of rotatable bonds is 6. The van der Waals surface area contributed by atoms with Gasteiger partial charge in [-0.1, -0.05) is 6.42 Å². The number of nitrogens with one attached hydrogen (secondary N) is 1. The van der Waals surface area contributed by atoms with Crippen LogP contribution in [0.3, 0.4) is 0 Å². The van der Waals surface area contributed by atoms with Gasteiger partial charge in [0.05, 0.1) is 29.5 Å². The normalized spacial score (nSPS) is 18.6. The van der Waals surface area contributed by atoms with Gasteiger partial charge in [0.15, 0.2) is 0 Å². The van der Waals surface area contributed by atoms with E-state index in [1.54, 1.807) is 30.3 Å². The van der Waals surface area contributed by atoms with Gasteiger partial charge in [0, 0.05) is 32.2 Å². The van der Waals surface area contributed by atoms with Gasteiger partial charge in [0.25, 0.3) is 11.8 Å². The number of hydrogen-bond donors (Lipinski definition) is 1. The van der Waals surface area contributed by atoms with Gasteiger partial charge in [-0.3, -0.25) is 9.59 Å². The maximum Gasteiger partial charge on any atom is 0.254 e. The number of ether oxygens (including phenoxy) is 1. The second-order valence-electron chi connectivity index (χ2n) is 8.78. The molecule has 1 N–H and O–H groups in total. The van der Waals surface area contributed by atoms with Crippen LogP contribution in [0.5, 0.6) is 0 Å². The molecular weight excluding hydrogens is 408 g/mol. The summed E-state index contributed by atoms with van der Waals surface area (Å²) in [7, 11) is 3.72. The van der Waals surface area contributed by atoms with Crippen LogP contribution in [0.2, 0.25) is 0 Å². The maximum absolute atomic E-state index is 13.2. The van der Waals surface area contributed by atoms with Gasteiger partial charge in [-0.25, -0.2) is 4.98 Å². The fourth-order valence-corrected chi connectivity index (χ4v) is 4.55. The van der Waals surface area contributed by atoms with Crippen molar-refractivity contribution in [3.8, 4) is 0 Å². The van der Waals surface area contributed by atoms with E-state index in [0.29, 0.717) is 48.0 Å². The third-order valence-corrected chi connectivity index (χ3v) is 6.52. The molecule has 3 heterocycles. The summed E-state index contributed by atoms with van der Waals surface area (Å²) < 4.78 is 13.0. The lowest BCUT2D eigenvalue weighted by Crippen LogP contribution is -2.28. The third kappa shape index (κ3) is 3.79. The van der Waals surface area contributed by atoms with E-state index in [2.05, 4.69) is 9.88 Å². The minimum absolute atomic E-state index is 0.160. The van der Waals surface area contributed by atoms with Crippen molar-refractivity contribution in [2.24, 2.45) is 7.05 Å². The number of anilines is 1. The highest BCUT2D eigenvalue weighted by Gasteiger charge is 2.29. The standard InChI is InChI=1S/C24H28N4O4/c1-27(14-17-8-4-10-31-17)24(30)16-12-18-21(28(2)22(25-18)15-6-3-7-15)19(13-16)26-23(29)20-9-5-11-32-20/h4,8,10,12-13,15,20H,3,5-7,9,11,14H2,1-2H3,(H,26,29)/t20-/m1/s1. The number of furan rings is 1. The number of imidazole rings is 1. The Morgan fingerprint density at radius 1 is 1.25 bits per heavy atom. The van der Waals surface area contributed by atoms with Gasteiger partial charge in [0.1, 0.15) is 17.7 Å². The molecule has 0 bridgehead atoms.